The van der Waals surface area contributed by atoms with Crippen LogP contribution in [0, 0.1) is 13.8 Å². The summed E-state index contributed by atoms with van der Waals surface area (Å²) in [4.78, 5) is 34.1. The van der Waals surface area contributed by atoms with Gasteiger partial charge >= 0.3 is 5.69 Å². The van der Waals surface area contributed by atoms with E-state index in [2.05, 4.69) is 9.97 Å². The molecule has 0 radical (unpaired) electrons. The number of carbonyl (C=O) groups excluding carboxylic acids is 1. The fourth-order valence-electron chi connectivity index (χ4n) is 3.24. The standard InChI is InChI=1S/C21H18ClN5O2/c1-11-4-9-15(10-12(11)2)27-20-17(26(3)21(27)29)16(18(23)28)24-19(25-20)13-5-7-14(22)8-6-13/h4-10H,1-3H3,(H2,23,28). The highest BCUT2D eigenvalue weighted by Gasteiger charge is 2.22. The van der Waals surface area contributed by atoms with E-state index in [1.165, 1.54) is 9.13 Å². The number of aromatic nitrogens is 4. The number of carbonyl (C=O) groups is 1. The molecule has 0 atom stereocenters. The van der Waals surface area contributed by atoms with E-state index in [0.29, 0.717) is 27.4 Å². The smallest absolute Gasteiger partial charge is 0.334 e. The maximum absolute atomic E-state index is 13.0. The van der Waals surface area contributed by atoms with E-state index in [4.69, 9.17) is 17.3 Å². The first-order valence-electron chi connectivity index (χ1n) is 8.90. The molecule has 0 bridgehead atoms. The van der Waals surface area contributed by atoms with E-state index in [9.17, 15) is 9.59 Å². The third kappa shape index (κ3) is 3.09. The molecule has 8 heteroatoms. The van der Waals surface area contributed by atoms with E-state index in [1.54, 1.807) is 31.3 Å². The molecule has 0 aliphatic heterocycles. The van der Waals surface area contributed by atoms with Crippen LogP contribution in [0.2, 0.25) is 5.02 Å². The normalized spacial score (nSPS) is 11.2. The topological polar surface area (TPSA) is 95.8 Å². The van der Waals surface area contributed by atoms with Crippen LogP contribution in [0.3, 0.4) is 0 Å². The molecule has 0 aliphatic carbocycles. The Kier molecular flexibility index (Phi) is 4.47. The van der Waals surface area contributed by atoms with E-state index < -0.39 is 5.91 Å². The minimum absolute atomic E-state index is 0.0119. The second kappa shape index (κ2) is 6.86. The van der Waals surface area contributed by atoms with Crippen LogP contribution >= 0.6 is 11.6 Å². The number of fused-ring (bicyclic) bond motifs is 1. The molecule has 7 nitrogen and oxygen atoms in total. The first-order valence-corrected chi connectivity index (χ1v) is 9.28. The fourth-order valence-corrected chi connectivity index (χ4v) is 3.37. The number of hydrogen-bond acceptors (Lipinski definition) is 4. The van der Waals surface area contributed by atoms with Crippen molar-refractivity contribution in [2.45, 2.75) is 13.8 Å². The van der Waals surface area contributed by atoms with Crippen LogP contribution in [-0.2, 0) is 7.05 Å². The van der Waals surface area contributed by atoms with Gasteiger partial charge in [0.1, 0.15) is 5.52 Å². The highest BCUT2D eigenvalue weighted by molar-refractivity contribution is 6.30. The number of nitrogens with two attached hydrogens (primary N) is 1. The SMILES string of the molecule is Cc1ccc(-n2c(=O)n(C)c3c(C(N)=O)nc(-c4ccc(Cl)cc4)nc32)cc1C. The van der Waals surface area contributed by atoms with Crippen molar-refractivity contribution in [3.63, 3.8) is 0 Å². The van der Waals surface area contributed by atoms with Crippen molar-refractivity contribution in [3.05, 3.63) is 74.8 Å². The van der Waals surface area contributed by atoms with Gasteiger partial charge in [0, 0.05) is 17.6 Å². The summed E-state index contributed by atoms with van der Waals surface area (Å²) in [5, 5.41) is 0.566. The molecule has 0 saturated carbocycles. The predicted molar refractivity (Wildman–Crippen MR) is 113 cm³/mol. The van der Waals surface area contributed by atoms with Gasteiger partial charge < -0.3 is 5.73 Å². The zero-order valence-electron chi connectivity index (χ0n) is 16.1. The fraction of sp³-hybridized carbons (Fsp3) is 0.143. The Morgan fingerprint density at radius 3 is 2.34 bits per heavy atom. The van der Waals surface area contributed by atoms with Crippen LogP contribution in [0.4, 0.5) is 0 Å². The second-order valence-corrected chi connectivity index (χ2v) is 7.32. The van der Waals surface area contributed by atoms with E-state index in [0.717, 1.165) is 11.1 Å². The second-order valence-electron chi connectivity index (χ2n) is 6.88. The van der Waals surface area contributed by atoms with Crippen molar-refractivity contribution >= 4 is 28.7 Å². The van der Waals surface area contributed by atoms with Crippen molar-refractivity contribution in [2.75, 3.05) is 0 Å². The van der Waals surface area contributed by atoms with Gasteiger partial charge in [-0.25, -0.2) is 19.3 Å². The molecule has 0 unspecified atom stereocenters. The first-order chi connectivity index (χ1) is 13.8. The van der Waals surface area contributed by atoms with Gasteiger partial charge in [-0.2, -0.15) is 0 Å². The summed E-state index contributed by atoms with van der Waals surface area (Å²) in [5.74, 6) is -0.452. The molecule has 2 aromatic carbocycles. The largest absolute Gasteiger partial charge is 0.364 e. The number of benzene rings is 2. The Labute approximate surface area is 171 Å². The van der Waals surface area contributed by atoms with Crippen molar-refractivity contribution in [3.8, 4) is 17.1 Å². The molecular weight excluding hydrogens is 390 g/mol. The molecule has 0 fully saturated rings. The molecule has 29 heavy (non-hydrogen) atoms. The number of imidazole rings is 1. The average Bonchev–Trinajstić information content (AvgIpc) is 2.94. The summed E-state index contributed by atoms with van der Waals surface area (Å²) < 4.78 is 2.81. The van der Waals surface area contributed by atoms with Gasteiger partial charge in [0.2, 0.25) is 0 Å². The zero-order valence-corrected chi connectivity index (χ0v) is 16.9. The molecule has 4 rings (SSSR count). The minimum atomic E-state index is -0.736. The van der Waals surface area contributed by atoms with Gasteiger partial charge in [-0.05, 0) is 61.4 Å². The molecule has 2 heterocycles. The third-order valence-electron chi connectivity index (χ3n) is 4.98. The number of rotatable bonds is 3. The lowest BCUT2D eigenvalue weighted by atomic mass is 10.1. The monoisotopic (exact) mass is 407 g/mol. The van der Waals surface area contributed by atoms with E-state index in [-0.39, 0.29) is 17.2 Å². The number of hydrogen-bond donors (Lipinski definition) is 1. The molecule has 2 aromatic heterocycles. The average molecular weight is 408 g/mol. The van der Waals surface area contributed by atoms with Gasteiger partial charge in [-0.1, -0.05) is 17.7 Å². The molecule has 2 N–H and O–H groups in total. The number of amides is 1. The number of halogens is 1. The minimum Gasteiger partial charge on any atom is -0.364 e. The van der Waals surface area contributed by atoms with Gasteiger partial charge in [0.25, 0.3) is 5.91 Å². The lowest BCUT2D eigenvalue weighted by Gasteiger charge is -2.08. The number of aryl methyl sites for hydroxylation is 3. The summed E-state index contributed by atoms with van der Waals surface area (Å²) >= 11 is 5.97. The van der Waals surface area contributed by atoms with Crippen molar-refractivity contribution < 1.29 is 4.79 Å². The van der Waals surface area contributed by atoms with Gasteiger partial charge in [-0.3, -0.25) is 9.36 Å². The quantitative estimate of drug-likeness (QED) is 0.564. The van der Waals surface area contributed by atoms with Gasteiger partial charge in [0.15, 0.2) is 17.2 Å². The van der Waals surface area contributed by atoms with Crippen LogP contribution in [0.15, 0.2) is 47.3 Å². The summed E-state index contributed by atoms with van der Waals surface area (Å²) in [6.07, 6.45) is 0. The molecular formula is C21H18ClN5O2. The number of primary amides is 1. The van der Waals surface area contributed by atoms with Crippen LogP contribution in [0.5, 0.6) is 0 Å². The Balaban J connectivity index is 2.10. The Bertz CT molecular complexity index is 1340. The molecule has 4 aromatic rings. The van der Waals surface area contributed by atoms with E-state index >= 15 is 0 Å². The molecule has 0 aliphatic rings. The summed E-state index contributed by atoms with van der Waals surface area (Å²) in [6, 6.07) is 12.6. The highest BCUT2D eigenvalue weighted by Crippen LogP contribution is 2.24. The Morgan fingerprint density at radius 2 is 1.72 bits per heavy atom. The van der Waals surface area contributed by atoms with Crippen LogP contribution in [0.25, 0.3) is 28.2 Å². The summed E-state index contributed by atoms with van der Waals surface area (Å²) in [5.41, 5.74) is 9.29. The maximum Gasteiger partial charge on any atom is 0.334 e. The lowest BCUT2D eigenvalue weighted by molar-refractivity contribution is 0.0997. The van der Waals surface area contributed by atoms with Gasteiger partial charge in [-0.15, -0.1) is 0 Å². The Morgan fingerprint density at radius 1 is 1.03 bits per heavy atom. The third-order valence-corrected chi connectivity index (χ3v) is 5.23. The molecule has 0 saturated heterocycles. The van der Waals surface area contributed by atoms with E-state index in [1.807, 2.05) is 32.0 Å². The van der Waals surface area contributed by atoms with Crippen LogP contribution < -0.4 is 11.4 Å². The first kappa shape index (κ1) is 18.9. The van der Waals surface area contributed by atoms with Crippen molar-refractivity contribution in [1.82, 2.24) is 19.1 Å². The Hall–Kier alpha value is -3.45. The molecule has 1 amide bonds. The number of nitrogens with zero attached hydrogens (tertiary/aromatic N) is 4. The van der Waals surface area contributed by atoms with Crippen LogP contribution in [0.1, 0.15) is 21.6 Å². The predicted octanol–water partition coefficient (Wildman–Crippen LogP) is 3.16. The maximum atomic E-state index is 13.0. The summed E-state index contributed by atoms with van der Waals surface area (Å²) in [6.45, 7) is 3.97. The lowest BCUT2D eigenvalue weighted by Crippen LogP contribution is -2.21. The van der Waals surface area contributed by atoms with Gasteiger partial charge in [0.05, 0.1) is 5.69 Å². The highest BCUT2D eigenvalue weighted by atomic mass is 35.5. The molecule has 0 spiro atoms. The summed E-state index contributed by atoms with van der Waals surface area (Å²) in [7, 11) is 1.57. The molecule has 146 valence electrons. The van der Waals surface area contributed by atoms with Crippen molar-refractivity contribution in [2.24, 2.45) is 12.8 Å². The zero-order chi connectivity index (χ0) is 20.9. The van der Waals surface area contributed by atoms with Crippen molar-refractivity contribution in [1.29, 1.82) is 0 Å². The van der Waals surface area contributed by atoms with Crippen LogP contribution in [-0.4, -0.2) is 25.0 Å².